The Kier molecular flexibility index (Phi) is 5.24. The molecule has 0 bridgehead atoms. The van der Waals surface area contributed by atoms with Crippen LogP contribution in [0.15, 0.2) is 48.5 Å². The first-order valence-corrected chi connectivity index (χ1v) is 8.47. The number of hydrogen-bond donors (Lipinski definition) is 1. The van der Waals surface area contributed by atoms with E-state index >= 15 is 0 Å². The summed E-state index contributed by atoms with van der Waals surface area (Å²) in [6.45, 7) is 0.813. The Morgan fingerprint density at radius 1 is 1.16 bits per heavy atom. The molecule has 1 aliphatic heterocycles. The average molecular weight is 340 g/mol. The molecule has 2 N–H and O–H groups in total. The van der Waals surface area contributed by atoms with Gasteiger partial charge in [-0.1, -0.05) is 30.3 Å². The van der Waals surface area contributed by atoms with Gasteiger partial charge in [-0.2, -0.15) is 0 Å². The fraction of sp³-hybridized carbons (Fsp3) is 0.350. The van der Waals surface area contributed by atoms with Gasteiger partial charge in [0.1, 0.15) is 17.5 Å². The summed E-state index contributed by atoms with van der Waals surface area (Å²) in [5.41, 5.74) is 7.73. The number of carbonyl (C=O) groups excluding carboxylic acids is 1. The summed E-state index contributed by atoms with van der Waals surface area (Å²) in [5, 5.41) is 0. The Morgan fingerprint density at radius 3 is 2.56 bits per heavy atom. The topological polar surface area (TPSA) is 64.8 Å². The van der Waals surface area contributed by atoms with Crippen LogP contribution in [0.3, 0.4) is 0 Å². The van der Waals surface area contributed by atoms with Crippen molar-refractivity contribution in [1.82, 2.24) is 4.90 Å². The van der Waals surface area contributed by atoms with Crippen LogP contribution in [0.1, 0.15) is 36.1 Å². The van der Waals surface area contributed by atoms with Gasteiger partial charge in [0.25, 0.3) is 0 Å². The molecule has 25 heavy (non-hydrogen) atoms. The number of hydrogen-bond acceptors (Lipinski definition) is 4. The van der Waals surface area contributed by atoms with E-state index < -0.39 is 6.04 Å². The van der Waals surface area contributed by atoms with Crippen molar-refractivity contribution in [2.75, 3.05) is 20.8 Å². The number of rotatable bonds is 6. The summed E-state index contributed by atoms with van der Waals surface area (Å²) in [7, 11) is 3.31. The van der Waals surface area contributed by atoms with Crippen molar-refractivity contribution in [3.05, 3.63) is 59.7 Å². The second-order valence-corrected chi connectivity index (χ2v) is 6.22. The minimum absolute atomic E-state index is 0.0581. The van der Waals surface area contributed by atoms with E-state index in [4.69, 9.17) is 15.2 Å². The quantitative estimate of drug-likeness (QED) is 0.878. The molecule has 5 nitrogen and oxygen atoms in total. The molecule has 1 aliphatic rings. The van der Waals surface area contributed by atoms with Crippen LogP contribution in [0, 0.1) is 0 Å². The lowest BCUT2D eigenvalue weighted by Gasteiger charge is -2.32. The number of primary amides is 1. The number of nitrogens with two attached hydrogens (primary N) is 1. The number of carbonyl (C=O) groups is 1. The predicted molar refractivity (Wildman–Crippen MR) is 96.6 cm³/mol. The van der Waals surface area contributed by atoms with E-state index in [2.05, 4.69) is 4.90 Å². The highest BCUT2D eigenvalue weighted by atomic mass is 16.5. The van der Waals surface area contributed by atoms with Gasteiger partial charge in [-0.15, -0.1) is 0 Å². The number of ether oxygens (including phenoxy) is 2. The third-order valence-corrected chi connectivity index (χ3v) is 4.81. The Labute approximate surface area is 148 Å². The van der Waals surface area contributed by atoms with Crippen LogP contribution in [0.4, 0.5) is 0 Å². The summed E-state index contributed by atoms with van der Waals surface area (Å²) in [6.07, 6.45) is 1.95. The molecule has 1 saturated heterocycles. The van der Waals surface area contributed by atoms with Crippen molar-refractivity contribution in [1.29, 1.82) is 0 Å². The van der Waals surface area contributed by atoms with Gasteiger partial charge in [-0.25, -0.2) is 0 Å². The van der Waals surface area contributed by atoms with Crippen LogP contribution in [-0.4, -0.2) is 31.6 Å². The zero-order valence-electron chi connectivity index (χ0n) is 14.6. The van der Waals surface area contributed by atoms with E-state index in [0.717, 1.165) is 42.0 Å². The van der Waals surface area contributed by atoms with Crippen molar-refractivity contribution >= 4 is 5.91 Å². The molecule has 0 unspecified atom stereocenters. The number of amides is 1. The molecular weight excluding hydrogens is 316 g/mol. The molecule has 132 valence electrons. The second-order valence-electron chi connectivity index (χ2n) is 6.22. The molecule has 2 aromatic rings. The predicted octanol–water partition coefficient (Wildman–Crippen LogP) is 3.07. The number of nitrogens with zero attached hydrogens (tertiary/aromatic N) is 1. The smallest absolute Gasteiger partial charge is 0.239 e. The Hall–Kier alpha value is -2.53. The van der Waals surface area contributed by atoms with Crippen LogP contribution in [0.5, 0.6) is 11.5 Å². The molecular formula is C20H24N2O3. The Morgan fingerprint density at radius 2 is 1.92 bits per heavy atom. The molecule has 1 heterocycles. The Bertz CT molecular complexity index is 733. The molecule has 2 aromatic carbocycles. The van der Waals surface area contributed by atoms with Gasteiger partial charge in [0.15, 0.2) is 0 Å². The summed E-state index contributed by atoms with van der Waals surface area (Å²) in [4.78, 5) is 14.4. The summed E-state index contributed by atoms with van der Waals surface area (Å²) < 4.78 is 10.9. The van der Waals surface area contributed by atoms with E-state index in [0.29, 0.717) is 0 Å². The van der Waals surface area contributed by atoms with Crippen molar-refractivity contribution in [2.45, 2.75) is 24.9 Å². The lowest BCUT2D eigenvalue weighted by Crippen LogP contribution is -2.37. The van der Waals surface area contributed by atoms with Gasteiger partial charge in [0.2, 0.25) is 5.91 Å². The lowest BCUT2D eigenvalue weighted by molar-refractivity contribution is -0.123. The van der Waals surface area contributed by atoms with Crippen LogP contribution in [-0.2, 0) is 4.79 Å². The first-order chi connectivity index (χ1) is 12.2. The molecule has 1 amide bonds. The number of likely N-dealkylation sites (tertiary alicyclic amines) is 1. The van der Waals surface area contributed by atoms with Crippen molar-refractivity contribution in [2.24, 2.45) is 5.73 Å². The molecule has 0 spiro atoms. The van der Waals surface area contributed by atoms with Gasteiger partial charge in [0, 0.05) is 11.6 Å². The lowest BCUT2D eigenvalue weighted by atomic mass is 9.99. The highest BCUT2D eigenvalue weighted by molar-refractivity contribution is 5.81. The highest BCUT2D eigenvalue weighted by Crippen LogP contribution is 2.42. The minimum atomic E-state index is -0.454. The molecule has 0 aromatic heterocycles. The molecule has 3 rings (SSSR count). The molecule has 0 aliphatic carbocycles. The van der Waals surface area contributed by atoms with E-state index in [9.17, 15) is 4.79 Å². The first-order valence-electron chi connectivity index (χ1n) is 8.47. The van der Waals surface area contributed by atoms with Crippen LogP contribution >= 0.6 is 0 Å². The highest BCUT2D eigenvalue weighted by Gasteiger charge is 2.37. The van der Waals surface area contributed by atoms with E-state index in [1.807, 2.05) is 48.5 Å². The average Bonchev–Trinajstić information content (AvgIpc) is 3.11. The summed E-state index contributed by atoms with van der Waals surface area (Å²) in [6, 6.07) is 15.1. The third kappa shape index (κ3) is 3.46. The standard InChI is InChI=1S/C20H24N2O3/c1-24-15-10-11-18(25-2)16(13-15)17-9-6-12-22(17)19(20(21)23)14-7-4-3-5-8-14/h3-5,7-8,10-11,13,17,19H,6,9,12H2,1-2H3,(H2,21,23)/t17-,19+/m1/s1. The zero-order chi connectivity index (χ0) is 17.8. The van der Waals surface area contributed by atoms with Crippen molar-refractivity contribution in [3.8, 4) is 11.5 Å². The minimum Gasteiger partial charge on any atom is -0.497 e. The largest absolute Gasteiger partial charge is 0.497 e. The van der Waals surface area contributed by atoms with Gasteiger partial charge in [-0.3, -0.25) is 9.69 Å². The van der Waals surface area contributed by atoms with E-state index in [-0.39, 0.29) is 11.9 Å². The first kappa shape index (κ1) is 17.3. The molecule has 0 saturated carbocycles. The fourth-order valence-corrected chi connectivity index (χ4v) is 3.69. The molecule has 5 heteroatoms. The maximum Gasteiger partial charge on any atom is 0.239 e. The molecule has 0 radical (unpaired) electrons. The van der Waals surface area contributed by atoms with Gasteiger partial charge in [0.05, 0.1) is 14.2 Å². The Balaban J connectivity index is 2.01. The molecule has 1 fully saturated rings. The maximum absolute atomic E-state index is 12.3. The van der Waals surface area contributed by atoms with Crippen LogP contribution in [0.25, 0.3) is 0 Å². The normalized spacial score (nSPS) is 18.7. The van der Waals surface area contributed by atoms with Gasteiger partial charge < -0.3 is 15.2 Å². The maximum atomic E-state index is 12.3. The summed E-state index contributed by atoms with van der Waals surface area (Å²) in [5.74, 6) is 1.24. The van der Waals surface area contributed by atoms with Crippen molar-refractivity contribution < 1.29 is 14.3 Å². The third-order valence-electron chi connectivity index (χ3n) is 4.81. The van der Waals surface area contributed by atoms with Crippen LogP contribution in [0.2, 0.25) is 0 Å². The zero-order valence-corrected chi connectivity index (χ0v) is 14.6. The number of methoxy groups -OCH3 is 2. The molecule has 2 atom stereocenters. The van der Waals surface area contributed by atoms with Gasteiger partial charge >= 0.3 is 0 Å². The van der Waals surface area contributed by atoms with Crippen LogP contribution < -0.4 is 15.2 Å². The summed E-state index contributed by atoms with van der Waals surface area (Å²) >= 11 is 0. The van der Waals surface area contributed by atoms with E-state index in [1.54, 1.807) is 14.2 Å². The van der Waals surface area contributed by atoms with Crippen molar-refractivity contribution in [3.63, 3.8) is 0 Å². The van der Waals surface area contributed by atoms with Gasteiger partial charge in [-0.05, 0) is 43.1 Å². The SMILES string of the molecule is COc1ccc(OC)c([C@H]2CCCN2[C@H](C(N)=O)c2ccccc2)c1. The fourth-order valence-electron chi connectivity index (χ4n) is 3.69. The number of benzene rings is 2. The van der Waals surface area contributed by atoms with E-state index in [1.165, 1.54) is 0 Å². The second kappa shape index (κ2) is 7.57. The monoisotopic (exact) mass is 340 g/mol.